The lowest BCUT2D eigenvalue weighted by Gasteiger charge is -2.37. The van der Waals surface area contributed by atoms with Crippen molar-refractivity contribution in [1.29, 1.82) is 0 Å². The van der Waals surface area contributed by atoms with Gasteiger partial charge in [0.25, 0.3) is 0 Å². The van der Waals surface area contributed by atoms with Crippen molar-refractivity contribution in [3.05, 3.63) is 48.0 Å². The smallest absolute Gasteiger partial charge is 0.0563 e. The molecule has 1 atom stereocenters. The summed E-state index contributed by atoms with van der Waals surface area (Å²) in [6.45, 7) is 16.6. The average molecular weight is 245 g/mol. The van der Waals surface area contributed by atoms with Gasteiger partial charge in [0.15, 0.2) is 0 Å². The Balaban J connectivity index is 3.14. The second kappa shape index (κ2) is 6.75. The Bertz CT molecular complexity index is 364. The minimum atomic E-state index is 0.330. The highest BCUT2D eigenvalue weighted by molar-refractivity contribution is 5.28. The number of benzene rings is 1. The molecule has 0 bridgehead atoms. The van der Waals surface area contributed by atoms with Gasteiger partial charge < -0.3 is 0 Å². The number of nitrogens with zero attached hydrogens (tertiary/aromatic N) is 1. The molecule has 0 saturated heterocycles. The van der Waals surface area contributed by atoms with Gasteiger partial charge in [-0.2, -0.15) is 0 Å². The van der Waals surface area contributed by atoms with Crippen LogP contribution < -0.4 is 0 Å². The molecule has 0 aromatic heterocycles. The van der Waals surface area contributed by atoms with Crippen molar-refractivity contribution < 1.29 is 0 Å². The van der Waals surface area contributed by atoms with E-state index < -0.39 is 0 Å². The summed E-state index contributed by atoms with van der Waals surface area (Å²) in [6.07, 6.45) is 0. The highest BCUT2D eigenvalue weighted by Gasteiger charge is 2.25. The van der Waals surface area contributed by atoms with Gasteiger partial charge in [-0.05, 0) is 31.9 Å². The van der Waals surface area contributed by atoms with Crippen molar-refractivity contribution in [2.75, 3.05) is 6.54 Å². The van der Waals surface area contributed by atoms with Gasteiger partial charge >= 0.3 is 0 Å². The Hall–Kier alpha value is -1.08. The Labute approximate surface area is 113 Å². The van der Waals surface area contributed by atoms with Crippen LogP contribution in [0.3, 0.4) is 0 Å². The predicted molar refractivity (Wildman–Crippen MR) is 80.7 cm³/mol. The van der Waals surface area contributed by atoms with Gasteiger partial charge in [-0.3, -0.25) is 4.90 Å². The molecule has 1 nitrogen and oxygen atoms in total. The van der Waals surface area contributed by atoms with E-state index in [4.69, 9.17) is 0 Å². The maximum Gasteiger partial charge on any atom is 0.0563 e. The molecular weight excluding hydrogens is 218 g/mol. The monoisotopic (exact) mass is 245 g/mol. The third-order valence-corrected chi connectivity index (χ3v) is 3.57. The zero-order valence-electron chi connectivity index (χ0n) is 12.5. The zero-order chi connectivity index (χ0) is 13.7. The van der Waals surface area contributed by atoms with Crippen LogP contribution >= 0.6 is 0 Å². The number of likely N-dealkylation sites (N-methyl/N-ethyl adjacent to an activating group) is 1. The molecule has 0 N–H and O–H groups in total. The van der Waals surface area contributed by atoms with Crippen molar-refractivity contribution in [2.45, 2.75) is 46.7 Å². The van der Waals surface area contributed by atoms with Gasteiger partial charge in [0.1, 0.15) is 0 Å². The normalized spacial score (nSPS) is 13.3. The van der Waals surface area contributed by atoms with Crippen LogP contribution in [0, 0.1) is 5.92 Å². The maximum absolute atomic E-state index is 4.34. The van der Waals surface area contributed by atoms with Gasteiger partial charge in [-0.1, -0.05) is 63.3 Å². The molecule has 1 unspecified atom stereocenters. The standard InChI is InChI=1S/C17H27N/c1-7-18(14(4)5)17(15(6)13(2)3)16-11-9-8-10-12-16/h8-14,17H,6-7H2,1-5H3. The molecule has 0 spiro atoms. The molecule has 0 aliphatic rings. The van der Waals surface area contributed by atoms with E-state index in [1.54, 1.807) is 0 Å². The number of hydrogen-bond donors (Lipinski definition) is 0. The molecule has 1 rings (SSSR count). The molecule has 100 valence electrons. The first kappa shape index (κ1) is 15.0. The van der Waals surface area contributed by atoms with E-state index in [-0.39, 0.29) is 0 Å². The fourth-order valence-corrected chi connectivity index (χ4v) is 2.42. The molecule has 1 aromatic carbocycles. The second-order valence-electron chi connectivity index (χ2n) is 5.47. The van der Waals surface area contributed by atoms with E-state index >= 15 is 0 Å². The van der Waals surface area contributed by atoms with E-state index in [0.717, 1.165) is 6.54 Å². The predicted octanol–water partition coefficient (Wildman–Crippen LogP) is 4.67. The lowest BCUT2D eigenvalue weighted by molar-refractivity contribution is 0.178. The summed E-state index contributed by atoms with van der Waals surface area (Å²) in [6, 6.07) is 11.6. The maximum atomic E-state index is 4.34. The van der Waals surface area contributed by atoms with E-state index in [1.807, 2.05) is 0 Å². The van der Waals surface area contributed by atoms with Crippen LogP contribution in [-0.2, 0) is 0 Å². The van der Waals surface area contributed by atoms with Crippen LogP contribution in [0.15, 0.2) is 42.5 Å². The van der Waals surface area contributed by atoms with E-state index in [2.05, 4.69) is 76.4 Å². The quantitative estimate of drug-likeness (QED) is 0.658. The van der Waals surface area contributed by atoms with Gasteiger partial charge in [0, 0.05) is 6.04 Å². The molecule has 0 fully saturated rings. The Morgan fingerprint density at radius 2 is 1.67 bits per heavy atom. The average Bonchev–Trinajstić information content (AvgIpc) is 2.35. The minimum Gasteiger partial charge on any atom is -0.290 e. The summed E-state index contributed by atoms with van der Waals surface area (Å²) in [5.74, 6) is 0.503. The third-order valence-electron chi connectivity index (χ3n) is 3.57. The topological polar surface area (TPSA) is 3.24 Å². The SMILES string of the molecule is C=C(C(C)C)C(c1ccccc1)N(CC)C(C)C. The number of hydrogen-bond acceptors (Lipinski definition) is 1. The summed E-state index contributed by atoms with van der Waals surface area (Å²) < 4.78 is 0. The van der Waals surface area contributed by atoms with Gasteiger partial charge in [-0.15, -0.1) is 0 Å². The summed E-state index contributed by atoms with van der Waals surface area (Å²) in [4.78, 5) is 2.51. The van der Waals surface area contributed by atoms with Crippen LogP contribution in [0.2, 0.25) is 0 Å². The fraction of sp³-hybridized carbons (Fsp3) is 0.529. The Kier molecular flexibility index (Phi) is 5.61. The molecule has 0 amide bonds. The first-order chi connectivity index (χ1) is 8.49. The summed E-state index contributed by atoms with van der Waals surface area (Å²) in [5, 5.41) is 0. The third kappa shape index (κ3) is 3.46. The molecule has 0 aliphatic carbocycles. The molecule has 1 heteroatoms. The first-order valence-corrected chi connectivity index (χ1v) is 6.98. The minimum absolute atomic E-state index is 0.330. The largest absolute Gasteiger partial charge is 0.290 e. The van der Waals surface area contributed by atoms with Crippen molar-refractivity contribution in [3.8, 4) is 0 Å². The van der Waals surface area contributed by atoms with Crippen LogP contribution in [-0.4, -0.2) is 17.5 Å². The molecule has 0 heterocycles. The molecule has 18 heavy (non-hydrogen) atoms. The summed E-state index contributed by atoms with van der Waals surface area (Å²) >= 11 is 0. The zero-order valence-corrected chi connectivity index (χ0v) is 12.5. The summed E-state index contributed by atoms with van der Waals surface area (Å²) in [5.41, 5.74) is 2.66. The lowest BCUT2D eigenvalue weighted by Crippen LogP contribution is -2.36. The lowest BCUT2D eigenvalue weighted by atomic mass is 9.90. The highest BCUT2D eigenvalue weighted by Crippen LogP contribution is 2.32. The molecule has 0 radical (unpaired) electrons. The fourth-order valence-electron chi connectivity index (χ4n) is 2.42. The van der Waals surface area contributed by atoms with Crippen LogP contribution in [0.25, 0.3) is 0 Å². The van der Waals surface area contributed by atoms with Gasteiger partial charge in [0.05, 0.1) is 6.04 Å². The van der Waals surface area contributed by atoms with E-state index in [9.17, 15) is 0 Å². The molecular formula is C17H27N. The van der Waals surface area contributed by atoms with Crippen LogP contribution in [0.1, 0.15) is 46.2 Å². The first-order valence-electron chi connectivity index (χ1n) is 6.98. The van der Waals surface area contributed by atoms with Gasteiger partial charge in [-0.25, -0.2) is 0 Å². The van der Waals surface area contributed by atoms with Crippen molar-refractivity contribution >= 4 is 0 Å². The van der Waals surface area contributed by atoms with Crippen molar-refractivity contribution in [3.63, 3.8) is 0 Å². The highest BCUT2D eigenvalue weighted by atomic mass is 15.2. The molecule has 1 aromatic rings. The van der Waals surface area contributed by atoms with Crippen LogP contribution in [0.4, 0.5) is 0 Å². The number of rotatable bonds is 6. The molecule has 0 saturated carbocycles. The van der Waals surface area contributed by atoms with Crippen molar-refractivity contribution in [2.24, 2.45) is 5.92 Å². The molecule has 0 aliphatic heterocycles. The van der Waals surface area contributed by atoms with Gasteiger partial charge in [0.2, 0.25) is 0 Å². The van der Waals surface area contributed by atoms with Crippen molar-refractivity contribution in [1.82, 2.24) is 4.90 Å². The van der Waals surface area contributed by atoms with E-state index in [0.29, 0.717) is 18.0 Å². The summed E-state index contributed by atoms with van der Waals surface area (Å²) in [7, 11) is 0. The van der Waals surface area contributed by atoms with Crippen LogP contribution in [0.5, 0.6) is 0 Å². The Morgan fingerprint density at radius 3 is 2.06 bits per heavy atom. The Morgan fingerprint density at radius 1 is 1.11 bits per heavy atom. The second-order valence-corrected chi connectivity index (χ2v) is 5.47. The van der Waals surface area contributed by atoms with E-state index in [1.165, 1.54) is 11.1 Å².